The van der Waals surface area contributed by atoms with Gasteiger partial charge in [0, 0.05) is 43.5 Å². The highest BCUT2D eigenvalue weighted by Crippen LogP contribution is 2.33. The number of nitrogens with two attached hydrogens (primary N) is 2. The molecule has 2 rings (SSSR count). The molecule has 0 saturated carbocycles. The molecule has 0 radical (unpaired) electrons. The number of fused-ring (bicyclic) bond motifs is 1. The highest BCUT2D eigenvalue weighted by atomic mass is 32.2. The number of carbonyl (C=O) groups is 3. The Bertz CT molecular complexity index is 670. The van der Waals surface area contributed by atoms with Crippen LogP contribution in [-0.2, 0) is 9.59 Å². The van der Waals surface area contributed by atoms with Gasteiger partial charge in [0.2, 0.25) is 11.8 Å². The average Bonchev–Trinajstić information content (AvgIpc) is 3.44. The van der Waals surface area contributed by atoms with Gasteiger partial charge in [-0.3, -0.25) is 9.59 Å². The lowest BCUT2D eigenvalue weighted by Gasteiger charge is -2.22. The van der Waals surface area contributed by atoms with Gasteiger partial charge in [0.25, 0.3) is 0 Å². The molecule has 214 valence electrons. The van der Waals surface area contributed by atoms with Gasteiger partial charge in [0.05, 0.1) is 12.1 Å². The summed E-state index contributed by atoms with van der Waals surface area (Å²) in [6.45, 7) is 5.41. The number of amides is 4. The van der Waals surface area contributed by atoms with Crippen LogP contribution in [0.3, 0.4) is 0 Å². The Balaban J connectivity index is 1.45. The van der Waals surface area contributed by atoms with Crippen molar-refractivity contribution in [2.45, 2.75) is 94.4 Å². The normalized spacial score (nSPS) is 20.4. The van der Waals surface area contributed by atoms with Gasteiger partial charge < -0.3 is 37.6 Å². The molecule has 0 aromatic heterocycles. The maximum Gasteiger partial charge on any atom is 0.315 e. The summed E-state index contributed by atoms with van der Waals surface area (Å²) in [5.41, 5.74) is 11.2. The third-order valence-electron chi connectivity index (χ3n) is 7.04. The topological polar surface area (TPSA) is 155 Å². The number of hydrogen-bond acceptors (Lipinski definition) is 7. The Hall–Kier alpha value is -1.56. The van der Waals surface area contributed by atoms with E-state index in [2.05, 4.69) is 21.3 Å². The van der Waals surface area contributed by atoms with Crippen molar-refractivity contribution in [3.05, 3.63) is 0 Å². The summed E-state index contributed by atoms with van der Waals surface area (Å²) in [6, 6.07) is 0.445. The van der Waals surface area contributed by atoms with Crippen LogP contribution in [0.4, 0.5) is 4.79 Å². The Kier molecular flexibility index (Phi) is 16.7. The second-order valence-electron chi connectivity index (χ2n) is 10.2. The summed E-state index contributed by atoms with van der Waals surface area (Å²) in [5, 5.41) is 12.8. The van der Waals surface area contributed by atoms with Crippen LogP contribution in [-0.4, -0.2) is 91.6 Å². The number of carbonyl (C=O) groups excluding carboxylic acids is 3. The van der Waals surface area contributed by atoms with E-state index in [1.165, 1.54) is 0 Å². The van der Waals surface area contributed by atoms with Crippen LogP contribution in [0, 0.1) is 0 Å². The fraction of sp³-hybridized carbons (Fsp3) is 0.885. The van der Waals surface area contributed by atoms with Crippen molar-refractivity contribution in [2.75, 3.05) is 51.6 Å². The number of unbranched alkanes of at least 4 members (excludes halogenated alkanes) is 4. The first-order valence-corrected chi connectivity index (χ1v) is 15.4. The summed E-state index contributed by atoms with van der Waals surface area (Å²) in [4.78, 5) is 38.2. The van der Waals surface area contributed by atoms with E-state index in [1.54, 1.807) is 0 Å². The van der Waals surface area contributed by atoms with E-state index in [9.17, 15) is 14.4 Å². The standard InChI is InChI=1S/C26H51N7O3S/c27-13-8-16-29-15-6-7-18-33(19-9-14-28)24(35)12-2-1-5-17-30-23(34)11-4-3-10-22-25-21(20-37-22)31-26(36)32-25/h21-22,25,29H,1-20,27-28H2,(H,30,34)(H2,31,32,36)/t21-,22-,25-/m0/s1. The van der Waals surface area contributed by atoms with Gasteiger partial charge in [-0.1, -0.05) is 12.8 Å². The monoisotopic (exact) mass is 541 g/mol. The van der Waals surface area contributed by atoms with Gasteiger partial charge in [-0.15, -0.1) is 0 Å². The maximum absolute atomic E-state index is 12.7. The molecule has 2 heterocycles. The number of rotatable bonds is 22. The van der Waals surface area contributed by atoms with Crippen LogP contribution < -0.4 is 32.7 Å². The molecule has 11 heteroatoms. The molecular weight excluding hydrogens is 490 g/mol. The summed E-state index contributed by atoms with van der Waals surface area (Å²) in [7, 11) is 0. The molecule has 2 aliphatic heterocycles. The van der Waals surface area contributed by atoms with Gasteiger partial charge in [-0.2, -0.15) is 11.8 Å². The zero-order valence-corrected chi connectivity index (χ0v) is 23.4. The molecule has 2 saturated heterocycles. The molecule has 2 aliphatic rings. The fourth-order valence-corrected chi connectivity index (χ4v) is 6.42. The lowest BCUT2D eigenvalue weighted by atomic mass is 10.0. The summed E-state index contributed by atoms with van der Waals surface area (Å²) in [6.07, 6.45) is 10.6. The van der Waals surface area contributed by atoms with Crippen molar-refractivity contribution in [3.8, 4) is 0 Å². The quantitative estimate of drug-likeness (QED) is 0.0891. The number of hydrogen-bond donors (Lipinski definition) is 6. The lowest BCUT2D eigenvalue weighted by molar-refractivity contribution is -0.131. The van der Waals surface area contributed by atoms with Crippen LogP contribution in [0.25, 0.3) is 0 Å². The van der Waals surface area contributed by atoms with Gasteiger partial charge in [0.1, 0.15) is 0 Å². The Morgan fingerprint density at radius 3 is 2.41 bits per heavy atom. The van der Waals surface area contributed by atoms with Gasteiger partial charge >= 0.3 is 6.03 Å². The SMILES string of the molecule is NCCCNCCCCN(CCCN)C(=O)CCCCCNC(=O)CCCC[C@@H]1SC[C@@H]2NC(=O)N[C@@H]21. The minimum Gasteiger partial charge on any atom is -0.356 e. The van der Waals surface area contributed by atoms with E-state index in [0.29, 0.717) is 37.7 Å². The molecule has 0 aliphatic carbocycles. The van der Waals surface area contributed by atoms with E-state index in [4.69, 9.17) is 11.5 Å². The van der Waals surface area contributed by atoms with Crippen LogP contribution in [0.2, 0.25) is 0 Å². The molecule has 3 atom stereocenters. The van der Waals surface area contributed by atoms with Crippen LogP contribution in [0.15, 0.2) is 0 Å². The zero-order valence-electron chi connectivity index (χ0n) is 22.6. The number of urea groups is 1. The Morgan fingerprint density at radius 1 is 0.865 bits per heavy atom. The van der Waals surface area contributed by atoms with Crippen molar-refractivity contribution in [2.24, 2.45) is 11.5 Å². The van der Waals surface area contributed by atoms with Gasteiger partial charge in [-0.05, 0) is 77.5 Å². The van der Waals surface area contributed by atoms with E-state index in [1.807, 2.05) is 16.7 Å². The molecule has 0 aromatic carbocycles. The average molecular weight is 542 g/mol. The van der Waals surface area contributed by atoms with E-state index < -0.39 is 0 Å². The molecule has 2 fully saturated rings. The molecular formula is C26H51N7O3S. The minimum absolute atomic E-state index is 0.0500. The van der Waals surface area contributed by atoms with Crippen LogP contribution in [0.1, 0.15) is 77.0 Å². The number of nitrogens with one attached hydrogen (secondary N) is 4. The molecule has 8 N–H and O–H groups in total. The van der Waals surface area contributed by atoms with Crippen molar-refractivity contribution in [3.63, 3.8) is 0 Å². The predicted octanol–water partition coefficient (Wildman–Crippen LogP) is 1.28. The number of nitrogens with zero attached hydrogens (tertiary/aromatic N) is 1. The largest absolute Gasteiger partial charge is 0.356 e. The molecule has 0 spiro atoms. The molecule has 37 heavy (non-hydrogen) atoms. The zero-order chi connectivity index (χ0) is 26.7. The first-order chi connectivity index (χ1) is 18.0. The molecule has 10 nitrogen and oxygen atoms in total. The smallest absolute Gasteiger partial charge is 0.315 e. The first kappa shape index (κ1) is 31.7. The maximum atomic E-state index is 12.7. The Labute approximate surface area is 227 Å². The minimum atomic E-state index is -0.0500. The molecule has 0 bridgehead atoms. The van der Waals surface area contributed by atoms with Crippen molar-refractivity contribution in [1.29, 1.82) is 0 Å². The third kappa shape index (κ3) is 13.2. The van der Waals surface area contributed by atoms with Crippen molar-refractivity contribution < 1.29 is 14.4 Å². The van der Waals surface area contributed by atoms with E-state index >= 15 is 0 Å². The van der Waals surface area contributed by atoms with E-state index in [-0.39, 0.29) is 29.9 Å². The molecule has 4 amide bonds. The van der Waals surface area contributed by atoms with Crippen molar-refractivity contribution >= 4 is 29.6 Å². The summed E-state index contributed by atoms with van der Waals surface area (Å²) < 4.78 is 0. The first-order valence-electron chi connectivity index (χ1n) is 14.4. The number of thioether (sulfide) groups is 1. The van der Waals surface area contributed by atoms with Gasteiger partial charge in [-0.25, -0.2) is 4.79 Å². The van der Waals surface area contributed by atoms with Crippen LogP contribution in [0.5, 0.6) is 0 Å². The summed E-state index contributed by atoms with van der Waals surface area (Å²) in [5.74, 6) is 1.29. The van der Waals surface area contributed by atoms with Gasteiger partial charge in [0.15, 0.2) is 0 Å². The highest BCUT2D eigenvalue weighted by Gasteiger charge is 2.42. The van der Waals surface area contributed by atoms with E-state index in [0.717, 1.165) is 96.1 Å². The molecule has 0 unspecified atom stereocenters. The predicted molar refractivity (Wildman–Crippen MR) is 151 cm³/mol. The second-order valence-corrected chi connectivity index (χ2v) is 11.4. The fourth-order valence-electron chi connectivity index (χ4n) is 4.87. The van der Waals surface area contributed by atoms with Crippen LogP contribution >= 0.6 is 11.8 Å². The molecule has 0 aromatic rings. The third-order valence-corrected chi connectivity index (χ3v) is 8.55. The highest BCUT2D eigenvalue weighted by molar-refractivity contribution is 8.00. The second kappa shape index (κ2) is 19.5. The Morgan fingerprint density at radius 2 is 1.59 bits per heavy atom. The summed E-state index contributed by atoms with van der Waals surface area (Å²) >= 11 is 1.92. The van der Waals surface area contributed by atoms with Crippen molar-refractivity contribution in [1.82, 2.24) is 26.2 Å². The lowest BCUT2D eigenvalue weighted by Crippen LogP contribution is -2.36.